The van der Waals surface area contributed by atoms with Gasteiger partial charge in [-0.2, -0.15) is 0 Å². The maximum atomic E-state index is 12.7. The molecule has 0 bridgehead atoms. The smallest absolute Gasteiger partial charge is 0.234 e. The number of nitrogens with one attached hydrogen (secondary N) is 1. The van der Waals surface area contributed by atoms with Crippen LogP contribution in [0.15, 0.2) is 82.3 Å². The van der Waals surface area contributed by atoms with Crippen molar-refractivity contribution in [3.05, 3.63) is 84.2 Å². The van der Waals surface area contributed by atoms with E-state index in [1.165, 1.54) is 16.5 Å². The molecule has 2 aromatic heterocycles. The molecule has 0 radical (unpaired) electrons. The van der Waals surface area contributed by atoms with Crippen molar-refractivity contribution in [2.45, 2.75) is 21.8 Å². The number of hydrogen-bond acceptors (Lipinski definition) is 9. The van der Waals surface area contributed by atoms with E-state index in [-0.39, 0.29) is 18.5 Å². The highest BCUT2D eigenvalue weighted by Gasteiger charge is 2.17. The highest BCUT2D eigenvalue weighted by atomic mass is 32.2. The number of anilines is 1. The lowest BCUT2D eigenvalue weighted by Crippen LogP contribution is -2.15. The largest absolute Gasteiger partial charge is 0.454 e. The zero-order valence-corrected chi connectivity index (χ0v) is 21.9. The van der Waals surface area contributed by atoms with Crippen LogP contribution in [0.25, 0.3) is 10.2 Å². The molecule has 8 nitrogen and oxygen atoms in total. The Morgan fingerprint density at radius 2 is 1.81 bits per heavy atom. The average Bonchev–Trinajstić information content (AvgIpc) is 3.65. The van der Waals surface area contributed by atoms with E-state index in [2.05, 4.69) is 38.3 Å². The fourth-order valence-electron chi connectivity index (χ4n) is 3.80. The summed E-state index contributed by atoms with van der Waals surface area (Å²) in [7, 11) is 0. The molecule has 6 rings (SSSR count). The van der Waals surface area contributed by atoms with Crippen LogP contribution in [0.5, 0.6) is 11.5 Å². The number of rotatable bonds is 9. The summed E-state index contributed by atoms with van der Waals surface area (Å²) in [6.07, 6.45) is 0. The number of thioether (sulfide) groups is 2. The number of thiazole rings is 1. The summed E-state index contributed by atoms with van der Waals surface area (Å²) >= 11 is 4.69. The molecule has 1 N–H and O–H groups in total. The molecule has 37 heavy (non-hydrogen) atoms. The van der Waals surface area contributed by atoms with E-state index >= 15 is 0 Å². The molecule has 11 heteroatoms. The van der Waals surface area contributed by atoms with Crippen molar-refractivity contribution in [1.29, 1.82) is 0 Å². The molecule has 1 amide bonds. The number of benzene rings is 3. The molecule has 0 atom stereocenters. The zero-order chi connectivity index (χ0) is 25.0. The molecule has 0 fully saturated rings. The van der Waals surface area contributed by atoms with E-state index in [1.54, 1.807) is 41.3 Å². The number of carbonyl (C=O) groups is 1. The summed E-state index contributed by atoms with van der Waals surface area (Å²) in [5.41, 5.74) is 2.80. The summed E-state index contributed by atoms with van der Waals surface area (Å²) in [5.74, 6) is 2.84. The third kappa shape index (κ3) is 5.58. The van der Waals surface area contributed by atoms with Crippen LogP contribution in [-0.4, -0.2) is 38.2 Å². The Labute approximate surface area is 225 Å². The van der Waals surface area contributed by atoms with Crippen LogP contribution in [-0.2, 0) is 17.1 Å². The molecule has 1 aliphatic rings. The SMILES string of the molecule is O=C(CSc1nnc(CSc2nc3ccccc3s2)n1Cc1ccccc1)Nc1ccc2c(c1)OCO2. The van der Waals surface area contributed by atoms with Gasteiger partial charge in [-0.1, -0.05) is 66.0 Å². The molecule has 1 aliphatic heterocycles. The van der Waals surface area contributed by atoms with Crippen LogP contribution < -0.4 is 14.8 Å². The molecular weight excluding hydrogens is 527 g/mol. The summed E-state index contributed by atoms with van der Waals surface area (Å²) in [4.78, 5) is 17.4. The van der Waals surface area contributed by atoms with E-state index in [0.717, 1.165) is 21.2 Å². The predicted octanol–water partition coefficient (Wildman–Crippen LogP) is 5.69. The van der Waals surface area contributed by atoms with Crippen molar-refractivity contribution in [1.82, 2.24) is 19.7 Å². The van der Waals surface area contributed by atoms with E-state index in [0.29, 0.717) is 34.6 Å². The van der Waals surface area contributed by atoms with Crippen molar-refractivity contribution in [3.8, 4) is 11.5 Å². The third-order valence-electron chi connectivity index (χ3n) is 5.56. The van der Waals surface area contributed by atoms with E-state index < -0.39 is 0 Å². The Balaban J connectivity index is 1.15. The minimum atomic E-state index is -0.136. The van der Waals surface area contributed by atoms with Gasteiger partial charge in [0.25, 0.3) is 0 Å². The van der Waals surface area contributed by atoms with Gasteiger partial charge in [0.15, 0.2) is 21.0 Å². The number of ether oxygens (including phenoxy) is 2. The van der Waals surface area contributed by atoms with E-state index in [4.69, 9.17) is 14.5 Å². The lowest BCUT2D eigenvalue weighted by atomic mass is 10.2. The first-order valence-electron chi connectivity index (χ1n) is 11.5. The summed E-state index contributed by atoms with van der Waals surface area (Å²) < 4.78 is 15.0. The van der Waals surface area contributed by atoms with Gasteiger partial charge in [-0.05, 0) is 29.8 Å². The van der Waals surface area contributed by atoms with Gasteiger partial charge in [0.1, 0.15) is 5.82 Å². The molecule has 186 valence electrons. The van der Waals surface area contributed by atoms with Crippen molar-refractivity contribution in [3.63, 3.8) is 0 Å². The van der Waals surface area contributed by atoms with Gasteiger partial charge in [-0.3, -0.25) is 4.79 Å². The van der Waals surface area contributed by atoms with Gasteiger partial charge in [-0.25, -0.2) is 4.98 Å². The van der Waals surface area contributed by atoms with E-state index in [1.807, 2.05) is 36.4 Å². The van der Waals surface area contributed by atoms with Gasteiger partial charge < -0.3 is 19.4 Å². The standard InChI is InChI=1S/C26H21N5O3S3/c32-24(27-18-10-11-20-21(12-18)34-16-33-20)15-35-25-30-29-23(31(25)13-17-6-2-1-3-7-17)14-36-26-28-19-8-4-5-9-22(19)37-26/h1-12H,13-16H2,(H,27,32). The first kappa shape index (κ1) is 23.8. The van der Waals surface area contributed by atoms with Gasteiger partial charge in [0.05, 0.1) is 28.3 Å². The molecule has 5 aromatic rings. The summed E-state index contributed by atoms with van der Waals surface area (Å²) in [5, 5.41) is 12.5. The average molecular weight is 548 g/mol. The van der Waals surface area contributed by atoms with Gasteiger partial charge in [-0.15, -0.1) is 21.5 Å². The summed E-state index contributed by atoms with van der Waals surface area (Å²) in [6.45, 7) is 0.814. The number of amides is 1. The highest BCUT2D eigenvalue weighted by Crippen LogP contribution is 2.34. The van der Waals surface area contributed by atoms with Crippen molar-refractivity contribution >= 4 is 56.7 Å². The van der Waals surface area contributed by atoms with Crippen LogP contribution in [0, 0.1) is 0 Å². The quantitative estimate of drug-likeness (QED) is 0.236. The number of nitrogens with zero attached hydrogens (tertiary/aromatic N) is 4. The predicted molar refractivity (Wildman–Crippen MR) is 147 cm³/mol. The first-order valence-corrected chi connectivity index (χ1v) is 14.3. The maximum Gasteiger partial charge on any atom is 0.234 e. The molecule has 0 saturated heterocycles. The fourth-order valence-corrected chi connectivity index (χ4v) is 6.56. The van der Waals surface area contributed by atoms with Crippen LogP contribution in [0.1, 0.15) is 11.4 Å². The number of para-hydroxylation sites is 1. The Morgan fingerprint density at radius 1 is 0.973 bits per heavy atom. The molecular formula is C26H21N5O3S3. The number of aromatic nitrogens is 4. The second kappa shape index (κ2) is 10.8. The van der Waals surface area contributed by atoms with Crippen molar-refractivity contribution in [2.75, 3.05) is 17.9 Å². The number of fused-ring (bicyclic) bond motifs is 2. The highest BCUT2D eigenvalue weighted by molar-refractivity contribution is 8.00. The number of hydrogen-bond donors (Lipinski definition) is 1. The van der Waals surface area contributed by atoms with Gasteiger partial charge >= 0.3 is 0 Å². The van der Waals surface area contributed by atoms with Crippen LogP contribution in [0.2, 0.25) is 0 Å². The molecule has 0 aliphatic carbocycles. The first-order chi connectivity index (χ1) is 18.2. The third-order valence-corrected chi connectivity index (χ3v) is 8.71. The van der Waals surface area contributed by atoms with Crippen LogP contribution in [0.4, 0.5) is 5.69 Å². The molecule has 0 unspecified atom stereocenters. The van der Waals surface area contributed by atoms with Gasteiger partial charge in [0, 0.05) is 11.8 Å². The normalized spacial score (nSPS) is 12.2. The lowest BCUT2D eigenvalue weighted by molar-refractivity contribution is -0.113. The van der Waals surface area contributed by atoms with Crippen LogP contribution >= 0.6 is 34.9 Å². The van der Waals surface area contributed by atoms with Crippen molar-refractivity contribution < 1.29 is 14.3 Å². The Kier molecular flexibility index (Phi) is 6.98. The Bertz CT molecular complexity index is 1520. The number of carbonyl (C=O) groups excluding carboxylic acids is 1. The van der Waals surface area contributed by atoms with Gasteiger partial charge in [0.2, 0.25) is 12.7 Å². The molecule has 3 heterocycles. The Morgan fingerprint density at radius 3 is 2.70 bits per heavy atom. The van der Waals surface area contributed by atoms with Crippen molar-refractivity contribution in [2.24, 2.45) is 0 Å². The topological polar surface area (TPSA) is 91.2 Å². The second-order valence-electron chi connectivity index (χ2n) is 8.11. The monoisotopic (exact) mass is 547 g/mol. The summed E-state index contributed by atoms with van der Waals surface area (Å²) in [6, 6.07) is 23.7. The lowest BCUT2D eigenvalue weighted by Gasteiger charge is -2.10. The molecule has 0 spiro atoms. The minimum Gasteiger partial charge on any atom is -0.454 e. The Hall–Kier alpha value is -3.54. The van der Waals surface area contributed by atoms with Crippen LogP contribution in [0.3, 0.4) is 0 Å². The van der Waals surface area contributed by atoms with E-state index in [9.17, 15) is 4.79 Å². The molecule has 3 aromatic carbocycles. The second-order valence-corrected chi connectivity index (χ2v) is 11.3. The maximum absolute atomic E-state index is 12.7. The fraction of sp³-hybridized carbons (Fsp3) is 0.154. The molecule has 0 saturated carbocycles. The minimum absolute atomic E-state index is 0.136. The zero-order valence-electron chi connectivity index (χ0n) is 19.5.